The molecule has 0 saturated heterocycles. The summed E-state index contributed by atoms with van der Waals surface area (Å²) in [6, 6.07) is 6.27. The third-order valence-electron chi connectivity index (χ3n) is 3.19. The topological polar surface area (TPSA) is 32.3 Å². The maximum absolute atomic E-state index is 12.1. The van der Waals surface area contributed by atoms with Crippen LogP contribution in [0.2, 0.25) is 0 Å². The van der Waals surface area contributed by atoms with Gasteiger partial charge in [-0.3, -0.25) is 4.79 Å². The quantitative estimate of drug-likeness (QED) is 0.780. The summed E-state index contributed by atoms with van der Waals surface area (Å²) in [6.45, 7) is 5.87. The van der Waals surface area contributed by atoms with Crippen LogP contribution < -0.4 is 5.32 Å². The fourth-order valence-electron chi connectivity index (χ4n) is 1.91. The molecule has 0 saturated carbocycles. The minimum absolute atomic E-state index is 0.194. The number of aryl methyl sites for hydroxylation is 2. The lowest BCUT2D eigenvalue weighted by Gasteiger charge is -2.18. The number of amides is 1. The van der Waals surface area contributed by atoms with Gasteiger partial charge in [0, 0.05) is 13.6 Å². The number of hydrogen-bond donors (Lipinski definition) is 1. The Balaban J connectivity index is 2.55. The molecule has 0 unspecified atom stereocenters. The Morgan fingerprint density at radius 1 is 1.33 bits per heavy atom. The molecular formula is C15H24N2O. The van der Waals surface area contributed by atoms with Gasteiger partial charge in [0.1, 0.15) is 0 Å². The van der Waals surface area contributed by atoms with E-state index in [1.165, 1.54) is 11.1 Å². The average molecular weight is 248 g/mol. The Labute approximate surface area is 110 Å². The monoisotopic (exact) mass is 248 g/mol. The lowest BCUT2D eigenvalue weighted by atomic mass is 10.0. The van der Waals surface area contributed by atoms with Gasteiger partial charge >= 0.3 is 0 Å². The average Bonchev–Trinajstić information content (AvgIpc) is 2.34. The van der Waals surface area contributed by atoms with E-state index in [9.17, 15) is 4.79 Å². The van der Waals surface area contributed by atoms with Crippen LogP contribution in [0.1, 0.15) is 23.1 Å². The Morgan fingerprint density at radius 3 is 2.72 bits per heavy atom. The maximum atomic E-state index is 12.1. The second-order valence-corrected chi connectivity index (χ2v) is 4.88. The minimum atomic E-state index is 0.194. The van der Waals surface area contributed by atoms with E-state index in [4.69, 9.17) is 0 Å². The lowest BCUT2D eigenvalue weighted by molar-refractivity contribution is -0.129. The predicted octanol–water partition coefficient (Wildman–Crippen LogP) is 1.91. The van der Waals surface area contributed by atoms with E-state index >= 15 is 0 Å². The van der Waals surface area contributed by atoms with Crippen molar-refractivity contribution in [2.45, 2.75) is 26.7 Å². The zero-order valence-electron chi connectivity index (χ0n) is 11.9. The first-order chi connectivity index (χ1) is 8.54. The number of hydrogen-bond acceptors (Lipinski definition) is 2. The van der Waals surface area contributed by atoms with Crippen LogP contribution in [-0.4, -0.2) is 38.0 Å². The Kier molecular flexibility index (Phi) is 5.86. The molecule has 18 heavy (non-hydrogen) atoms. The lowest BCUT2D eigenvalue weighted by Crippen LogP contribution is -2.30. The summed E-state index contributed by atoms with van der Waals surface area (Å²) in [7, 11) is 3.81. The van der Waals surface area contributed by atoms with Gasteiger partial charge in [0.15, 0.2) is 0 Å². The van der Waals surface area contributed by atoms with E-state index in [1.807, 2.05) is 19.0 Å². The molecular weight excluding hydrogens is 224 g/mol. The van der Waals surface area contributed by atoms with Crippen LogP contribution in [0.15, 0.2) is 18.2 Å². The highest BCUT2D eigenvalue weighted by molar-refractivity contribution is 5.78. The number of benzene rings is 1. The van der Waals surface area contributed by atoms with Crippen molar-refractivity contribution in [3.05, 3.63) is 34.9 Å². The van der Waals surface area contributed by atoms with Crippen LogP contribution >= 0.6 is 0 Å². The summed E-state index contributed by atoms with van der Waals surface area (Å²) in [6.07, 6.45) is 1.50. The number of likely N-dealkylation sites (N-methyl/N-ethyl adjacent to an activating group) is 1. The van der Waals surface area contributed by atoms with Crippen LogP contribution in [0.4, 0.5) is 0 Å². The molecule has 0 aliphatic heterocycles. The van der Waals surface area contributed by atoms with E-state index in [2.05, 4.69) is 37.4 Å². The summed E-state index contributed by atoms with van der Waals surface area (Å²) in [5.41, 5.74) is 3.54. The van der Waals surface area contributed by atoms with Gasteiger partial charge in [-0.1, -0.05) is 23.8 Å². The fraction of sp³-hybridized carbons (Fsp3) is 0.533. The molecule has 3 nitrogen and oxygen atoms in total. The third-order valence-corrected chi connectivity index (χ3v) is 3.19. The van der Waals surface area contributed by atoms with E-state index < -0.39 is 0 Å². The second kappa shape index (κ2) is 7.17. The molecule has 1 aromatic rings. The first kappa shape index (κ1) is 14.7. The molecule has 0 fully saturated rings. The van der Waals surface area contributed by atoms with Crippen molar-refractivity contribution < 1.29 is 4.79 Å². The number of nitrogens with one attached hydrogen (secondary N) is 1. The molecule has 0 bridgehead atoms. The largest absolute Gasteiger partial charge is 0.345 e. The van der Waals surface area contributed by atoms with Crippen molar-refractivity contribution in [2.24, 2.45) is 0 Å². The molecule has 1 N–H and O–H groups in total. The van der Waals surface area contributed by atoms with Crippen molar-refractivity contribution in [1.82, 2.24) is 10.2 Å². The standard InChI is InChI=1S/C15H24N2O/c1-12-6-7-13(2)14(10-12)11-15(18)17(4)9-5-8-16-3/h6-7,10,16H,5,8-9,11H2,1-4H3. The van der Waals surface area contributed by atoms with Gasteiger partial charge in [-0.15, -0.1) is 0 Å². The highest BCUT2D eigenvalue weighted by Gasteiger charge is 2.10. The van der Waals surface area contributed by atoms with Gasteiger partial charge in [-0.25, -0.2) is 0 Å². The van der Waals surface area contributed by atoms with Gasteiger partial charge in [0.25, 0.3) is 0 Å². The first-order valence-electron chi connectivity index (χ1n) is 6.49. The van der Waals surface area contributed by atoms with Crippen LogP contribution in [-0.2, 0) is 11.2 Å². The first-order valence-corrected chi connectivity index (χ1v) is 6.49. The van der Waals surface area contributed by atoms with Crippen LogP contribution in [0.3, 0.4) is 0 Å². The van der Waals surface area contributed by atoms with Crippen LogP contribution in [0.25, 0.3) is 0 Å². The van der Waals surface area contributed by atoms with Gasteiger partial charge in [-0.2, -0.15) is 0 Å². The summed E-state index contributed by atoms with van der Waals surface area (Å²) < 4.78 is 0. The minimum Gasteiger partial charge on any atom is -0.345 e. The van der Waals surface area contributed by atoms with Gasteiger partial charge in [0.05, 0.1) is 6.42 Å². The molecule has 100 valence electrons. The smallest absolute Gasteiger partial charge is 0.226 e. The normalized spacial score (nSPS) is 10.4. The van der Waals surface area contributed by atoms with Crippen molar-refractivity contribution in [3.63, 3.8) is 0 Å². The maximum Gasteiger partial charge on any atom is 0.226 e. The molecule has 0 atom stereocenters. The number of rotatable bonds is 6. The van der Waals surface area contributed by atoms with Crippen LogP contribution in [0.5, 0.6) is 0 Å². The molecule has 0 aliphatic carbocycles. The van der Waals surface area contributed by atoms with E-state index in [-0.39, 0.29) is 5.91 Å². The summed E-state index contributed by atoms with van der Waals surface area (Å²) in [5, 5.41) is 3.09. The molecule has 1 aromatic carbocycles. The number of nitrogens with zero attached hydrogens (tertiary/aromatic N) is 1. The summed E-state index contributed by atoms with van der Waals surface area (Å²) in [4.78, 5) is 13.9. The molecule has 0 heterocycles. The highest BCUT2D eigenvalue weighted by Crippen LogP contribution is 2.12. The van der Waals surface area contributed by atoms with Gasteiger partial charge < -0.3 is 10.2 Å². The van der Waals surface area contributed by atoms with Crippen LogP contribution in [0, 0.1) is 13.8 Å². The van der Waals surface area contributed by atoms with Gasteiger partial charge in [-0.05, 0) is 45.0 Å². The third kappa shape index (κ3) is 4.49. The van der Waals surface area contributed by atoms with E-state index in [0.29, 0.717) is 6.42 Å². The Bertz CT molecular complexity index is 401. The van der Waals surface area contributed by atoms with Crippen molar-refractivity contribution in [2.75, 3.05) is 27.2 Å². The molecule has 0 aromatic heterocycles. The Morgan fingerprint density at radius 2 is 2.06 bits per heavy atom. The number of carbonyl (C=O) groups is 1. The van der Waals surface area contributed by atoms with E-state index in [1.54, 1.807) is 0 Å². The van der Waals surface area contributed by atoms with Crippen molar-refractivity contribution in [1.29, 1.82) is 0 Å². The summed E-state index contributed by atoms with van der Waals surface area (Å²) in [5.74, 6) is 0.194. The zero-order valence-corrected chi connectivity index (χ0v) is 11.9. The zero-order chi connectivity index (χ0) is 13.5. The van der Waals surface area contributed by atoms with Gasteiger partial charge in [0.2, 0.25) is 5.91 Å². The predicted molar refractivity (Wildman–Crippen MR) is 75.8 cm³/mol. The van der Waals surface area contributed by atoms with Crippen molar-refractivity contribution >= 4 is 5.91 Å². The molecule has 1 rings (SSSR count). The summed E-state index contributed by atoms with van der Waals surface area (Å²) >= 11 is 0. The number of carbonyl (C=O) groups excluding carboxylic acids is 1. The molecule has 1 amide bonds. The Hall–Kier alpha value is -1.35. The fourth-order valence-corrected chi connectivity index (χ4v) is 1.91. The second-order valence-electron chi connectivity index (χ2n) is 4.88. The molecule has 0 aliphatic rings. The molecule has 0 radical (unpaired) electrons. The molecule has 0 spiro atoms. The van der Waals surface area contributed by atoms with Crippen molar-refractivity contribution in [3.8, 4) is 0 Å². The SMILES string of the molecule is CNCCCN(C)C(=O)Cc1cc(C)ccc1C. The molecule has 3 heteroatoms. The van der Waals surface area contributed by atoms with E-state index in [0.717, 1.165) is 25.1 Å². The highest BCUT2D eigenvalue weighted by atomic mass is 16.2.